The van der Waals surface area contributed by atoms with Gasteiger partial charge in [0, 0.05) is 18.2 Å². The van der Waals surface area contributed by atoms with Crippen LogP contribution in [0, 0.1) is 5.41 Å². The summed E-state index contributed by atoms with van der Waals surface area (Å²) in [5.74, 6) is -0.838. The molecule has 18 heavy (non-hydrogen) atoms. The maximum Gasteiger partial charge on any atom is 0.307 e. The molecule has 0 aliphatic rings. The molecule has 0 aromatic heterocycles. The molecule has 0 saturated heterocycles. The molecule has 0 saturated carbocycles. The summed E-state index contributed by atoms with van der Waals surface area (Å²) in [4.78, 5) is 24.2. The standard InChI is InChI=1S/C14H19NO3/c1-14(2,3)13(18)15(4)11-7-5-10(6-8-11)9-12(16)17/h5-8H,9H2,1-4H3,(H,16,17). The fourth-order valence-electron chi connectivity index (χ4n) is 1.63. The lowest BCUT2D eigenvalue weighted by atomic mass is 9.94. The second-order valence-corrected chi connectivity index (χ2v) is 5.35. The van der Waals surface area contributed by atoms with E-state index in [-0.39, 0.29) is 12.3 Å². The van der Waals surface area contributed by atoms with Crippen molar-refractivity contribution in [3.05, 3.63) is 29.8 Å². The van der Waals surface area contributed by atoms with Crippen molar-refractivity contribution in [3.8, 4) is 0 Å². The predicted octanol–water partition coefficient (Wildman–Crippen LogP) is 2.32. The summed E-state index contributed by atoms with van der Waals surface area (Å²) in [5.41, 5.74) is 1.06. The van der Waals surface area contributed by atoms with E-state index in [0.717, 1.165) is 11.3 Å². The maximum atomic E-state index is 12.1. The summed E-state index contributed by atoms with van der Waals surface area (Å²) in [5, 5.41) is 8.68. The fraction of sp³-hybridized carbons (Fsp3) is 0.429. The van der Waals surface area contributed by atoms with Gasteiger partial charge in [-0.05, 0) is 17.7 Å². The highest BCUT2D eigenvalue weighted by Crippen LogP contribution is 2.22. The van der Waals surface area contributed by atoms with Crippen molar-refractivity contribution in [2.45, 2.75) is 27.2 Å². The number of carboxylic acids is 1. The highest BCUT2D eigenvalue weighted by atomic mass is 16.4. The number of aliphatic carboxylic acids is 1. The highest BCUT2D eigenvalue weighted by Gasteiger charge is 2.25. The zero-order valence-corrected chi connectivity index (χ0v) is 11.2. The lowest BCUT2D eigenvalue weighted by Crippen LogP contribution is -2.36. The predicted molar refractivity (Wildman–Crippen MR) is 70.6 cm³/mol. The molecule has 0 atom stereocenters. The van der Waals surface area contributed by atoms with E-state index >= 15 is 0 Å². The normalized spacial score (nSPS) is 11.1. The Morgan fingerprint density at radius 1 is 1.17 bits per heavy atom. The minimum absolute atomic E-state index is 0.00277. The van der Waals surface area contributed by atoms with E-state index in [1.165, 1.54) is 0 Å². The minimum atomic E-state index is -0.859. The first kappa shape index (κ1) is 14.2. The van der Waals surface area contributed by atoms with Crippen molar-refractivity contribution >= 4 is 17.6 Å². The smallest absolute Gasteiger partial charge is 0.307 e. The number of carbonyl (C=O) groups is 2. The van der Waals surface area contributed by atoms with Gasteiger partial charge in [0.15, 0.2) is 0 Å². The van der Waals surface area contributed by atoms with Gasteiger partial charge in [0.25, 0.3) is 0 Å². The number of nitrogens with zero attached hydrogens (tertiary/aromatic N) is 1. The molecule has 0 aliphatic heterocycles. The van der Waals surface area contributed by atoms with Crippen molar-refractivity contribution in [3.63, 3.8) is 0 Å². The van der Waals surface area contributed by atoms with Crippen LogP contribution < -0.4 is 4.90 Å². The van der Waals surface area contributed by atoms with Crippen molar-refractivity contribution in [1.29, 1.82) is 0 Å². The van der Waals surface area contributed by atoms with Gasteiger partial charge in [0.05, 0.1) is 6.42 Å². The number of carbonyl (C=O) groups excluding carboxylic acids is 1. The fourth-order valence-corrected chi connectivity index (χ4v) is 1.63. The van der Waals surface area contributed by atoms with Crippen LogP contribution in [0.25, 0.3) is 0 Å². The topological polar surface area (TPSA) is 57.6 Å². The van der Waals surface area contributed by atoms with E-state index in [4.69, 9.17) is 5.11 Å². The number of hydrogen-bond acceptors (Lipinski definition) is 2. The Hall–Kier alpha value is -1.84. The second-order valence-electron chi connectivity index (χ2n) is 5.35. The lowest BCUT2D eigenvalue weighted by molar-refractivity contribution is -0.136. The van der Waals surface area contributed by atoms with Crippen molar-refractivity contribution in [2.75, 3.05) is 11.9 Å². The SMILES string of the molecule is CN(C(=O)C(C)(C)C)c1ccc(CC(=O)O)cc1. The van der Waals surface area contributed by atoms with Crippen molar-refractivity contribution in [1.82, 2.24) is 0 Å². The third-order valence-electron chi connectivity index (χ3n) is 2.63. The zero-order chi connectivity index (χ0) is 13.9. The third kappa shape index (κ3) is 3.58. The number of hydrogen-bond donors (Lipinski definition) is 1. The monoisotopic (exact) mass is 249 g/mol. The molecule has 4 nitrogen and oxygen atoms in total. The Kier molecular flexibility index (Phi) is 4.11. The number of carboxylic acid groups (broad SMARTS) is 1. The molecule has 1 amide bonds. The van der Waals surface area contributed by atoms with Gasteiger partial charge in [-0.3, -0.25) is 9.59 Å². The lowest BCUT2D eigenvalue weighted by Gasteiger charge is -2.26. The van der Waals surface area contributed by atoms with Crippen LogP contribution in [0.5, 0.6) is 0 Å². The molecule has 0 spiro atoms. The van der Waals surface area contributed by atoms with Gasteiger partial charge in [0.1, 0.15) is 0 Å². The molecule has 0 aliphatic carbocycles. The van der Waals surface area contributed by atoms with E-state index in [9.17, 15) is 9.59 Å². The molecule has 0 fully saturated rings. The molecule has 1 aromatic carbocycles. The van der Waals surface area contributed by atoms with Crippen molar-refractivity contribution < 1.29 is 14.7 Å². The Bertz CT molecular complexity index is 443. The summed E-state index contributed by atoms with van der Waals surface area (Å²) in [7, 11) is 1.72. The van der Waals surface area contributed by atoms with Crippen LogP contribution >= 0.6 is 0 Å². The van der Waals surface area contributed by atoms with Crippen LogP contribution in [-0.2, 0) is 16.0 Å². The molecule has 0 heterocycles. The Morgan fingerprint density at radius 2 is 1.67 bits per heavy atom. The molecule has 1 rings (SSSR count). The number of rotatable bonds is 3. The number of anilines is 1. The molecule has 98 valence electrons. The van der Waals surface area contributed by atoms with Crippen LogP contribution in [0.1, 0.15) is 26.3 Å². The van der Waals surface area contributed by atoms with E-state index < -0.39 is 11.4 Å². The maximum absolute atomic E-state index is 12.1. The van der Waals surface area contributed by atoms with E-state index in [1.54, 1.807) is 36.2 Å². The number of benzene rings is 1. The Balaban J connectivity index is 2.85. The summed E-state index contributed by atoms with van der Waals surface area (Å²) >= 11 is 0. The summed E-state index contributed by atoms with van der Waals surface area (Å²) < 4.78 is 0. The van der Waals surface area contributed by atoms with E-state index in [2.05, 4.69) is 0 Å². The van der Waals surface area contributed by atoms with Crippen LogP contribution in [0.15, 0.2) is 24.3 Å². The van der Waals surface area contributed by atoms with Gasteiger partial charge in [-0.25, -0.2) is 0 Å². The zero-order valence-electron chi connectivity index (χ0n) is 11.2. The van der Waals surface area contributed by atoms with Gasteiger partial charge >= 0.3 is 5.97 Å². The summed E-state index contributed by atoms with van der Waals surface area (Å²) in [6.45, 7) is 5.60. The molecule has 1 N–H and O–H groups in total. The van der Waals surface area contributed by atoms with E-state index in [1.807, 2.05) is 20.8 Å². The van der Waals surface area contributed by atoms with Gasteiger partial charge in [-0.1, -0.05) is 32.9 Å². The molecule has 0 unspecified atom stereocenters. The minimum Gasteiger partial charge on any atom is -0.481 e. The molecular weight excluding hydrogens is 230 g/mol. The second kappa shape index (κ2) is 5.21. The molecule has 1 aromatic rings. The average Bonchev–Trinajstić information content (AvgIpc) is 2.26. The quantitative estimate of drug-likeness (QED) is 0.894. The van der Waals surface area contributed by atoms with Crippen LogP contribution in [0.2, 0.25) is 0 Å². The first-order chi connectivity index (χ1) is 8.21. The molecule has 0 bridgehead atoms. The molecule has 0 radical (unpaired) electrons. The first-order valence-corrected chi connectivity index (χ1v) is 5.80. The van der Waals surface area contributed by atoms with Gasteiger partial charge in [0.2, 0.25) is 5.91 Å². The average molecular weight is 249 g/mol. The Morgan fingerprint density at radius 3 is 2.06 bits per heavy atom. The van der Waals surface area contributed by atoms with Gasteiger partial charge in [-0.15, -0.1) is 0 Å². The van der Waals surface area contributed by atoms with Crippen LogP contribution in [-0.4, -0.2) is 24.0 Å². The van der Waals surface area contributed by atoms with Crippen molar-refractivity contribution in [2.24, 2.45) is 5.41 Å². The first-order valence-electron chi connectivity index (χ1n) is 5.80. The Labute approximate surface area is 107 Å². The van der Waals surface area contributed by atoms with Gasteiger partial charge < -0.3 is 10.0 Å². The third-order valence-corrected chi connectivity index (χ3v) is 2.63. The summed E-state index contributed by atoms with van der Waals surface area (Å²) in [6, 6.07) is 7.00. The highest BCUT2D eigenvalue weighted by molar-refractivity contribution is 5.96. The summed E-state index contributed by atoms with van der Waals surface area (Å²) in [6.07, 6.45) is -0.00277. The van der Waals surface area contributed by atoms with E-state index in [0.29, 0.717) is 0 Å². The molecular formula is C14H19NO3. The van der Waals surface area contributed by atoms with Gasteiger partial charge in [-0.2, -0.15) is 0 Å². The van der Waals surface area contributed by atoms with Crippen LogP contribution in [0.3, 0.4) is 0 Å². The number of amides is 1. The largest absolute Gasteiger partial charge is 0.481 e. The molecule has 4 heteroatoms. The van der Waals surface area contributed by atoms with Crippen LogP contribution in [0.4, 0.5) is 5.69 Å².